The molecule has 0 radical (unpaired) electrons. The van der Waals surface area contributed by atoms with Crippen LogP contribution in [0.2, 0.25) is 5.02 Å². The quantitative estimate of drug-likeness (QED) is 0.207. The Morgan fingerprint density at radius 2 is 0.955 bits per heavy atom. The minimum Gasteiger partial charge on any atom is -0.355 e. The Balaban J connectivity index is 1.18. The lowest BCUT2D eigenvalue weighted by Gasteiger charge is -2.27. The fourth-order valence-corrected chi connectivity index (χ4v) is 6.93. The fourth-order valence-electron chi connectivity index (χ4n) is 6.71. The standard InChI is InChI=1S/C36H18ClN3O4/c37-28-13-12-25-32-21(28)6-3-9-24(32)35(43)40(36(25)44)20-11-15-30-27(17-20)26-16-19(10-14-29(26)38-30)39-33(41)22-7-1-4-18-5-2-8-23(31(18)22)34(39)42/h1-17,38H. The molecule has 0 spiro atoms. The number of fused-ring (bicyclic) bond motifs is 3. The Labute approximate surface area is 253 Å². The zero-order chi connectivity index (χ0) is 29.9. The maximum atomic E-state index is 13.7. The average molecular weight is 592 g/mol. The van der Waals surface area contributed by atoms with E-state index in [0.717, 1.165) is 27.2 Å². The highest BCUT2D eigenvalue weighted by Crippen LogP contribution is 2.39. The first-order valence-electron chi connectivity index (χ1n) is 14.0. The van der Waals surface area contributed by atoms with Crippen molar-refractivity contribution in [3.05, 3.63) is 130 Å². The summed E-state index contributed by atoms with van der Waals surface area (Å²) in [6, 6.07) is 30.1. The predicted molar refractivity (Wildman–Crippen MR) is 171 cm³/mol. The molecule has 0 saturated carbocycles. The van der Waals surface area contributed by atoms with Crippen molar-refractivity contribution in [3.63, 3.8) is 0 Å². The van der Waals surface area contributed by atoms with Gasteiger partial charge in [0, 0.05) is 65.2 Å². The number of carbonyl (C=O) groups excluding carboxylic acids is 4. The van der Waals surface area contributed by atoms with Gasteiger partial charge in [-0.3, -0.25) is 19.2 Å². The first-order chi connectivity index (χ1) is 21.4. The van der Waals surface area contributed by atoms with Crippen LogP contribution in [0.25, 0.3) is 43.4 Å². The van der Waals surface area contributed by atoms with E-state index in [2.05, 4.69) is 4.98 Å². The van der Waals surface area contributed by atoms with E-state index < -0.39 is 23.6 Å². The number of amides is 4. The number of anilines is 2. The number of H-pyrrole nitrogens is 1. The van der Waals surface area contributed by atoms with Gasteiger partial charge in [-0.05, 0) is 72.1 Å². The third-order valence-electron chi connectivity index (χ3n) is 8.71. The van der Waals surface area contributed by atoms with E-state index >= 15 is 0 Å². The summed E-state index contributed by atoms with van der Waals surface area (Å²) in [4.78, 5) is 60.6. The number of nitrogens with one attached hydrogen (secondary N) is 1. The Morgan fingerprint density at radius 1 is 0.477 bits per heavy atom. The topological polar surface area (TPSA) is 90.6 Å². The fraction of sp³-hybridized carbons (Fsp3) is 0. The van der Waals surface area contributed by atoms with Crippen LogP contribution >= 0.6 is 11.6 Å². The summed E-state index contributed by atoms with van der Waals surface area (Å²) in [6.07, 6.45) is 0. The lowest BCUT2D eigenvalue weighted by Crippen LogP contribution is -2.40. The molecule has 0 aliphatic carbocycles. The number of nitrogens with zero attached hydrogens (tertiary/aromatic N) is 2. The van der Waals surface area contributed by atoms with E-state index in [0.29, 0.717) is 54.8 Å². The van der Waals surface area contributed by atoms with Crippen LogP contribution in [0.5, 0.6) is 0 Å². The third-order valence-corrected chi connectivity index (χ3v) is 9.04. The lowest BCUT2D eigenvalue weighted by molar-refractivity contribution is 0.0877. The highest BCUT2D eigenvalue weighted by Gasteiger charge is 2.36. The molecule has 1 aromatic heterocycles. The molecule has 0 unspecified atom stereocenters. The van der Waals surface area contributed by atoms with E-state index in [9.17, 15) is 19.2 Å². The molecule has 2 aliphatic rings. The van der Waals surface area contributed by atoms with Gasteiger partial charge in [-0.1, -0.05) is 48.0 Å². The average Bonchev–Trinajstić information content (AvgIpc) is 3.40. The molecule has 44 heavy (non-hydrogen) atoms. The number of aromatic amines is 1. The molecule has 4 amide bonds. The van der Waals surface area contributed by atoms with Gasteiger partial charge in [-0.25, -0.2) is 9.80 Å². The second-order valence-electron chi connectivity index (χ2n) is 11.0. The van der Waals surface area contributed by atoms with Gasteiger partial charge in [-0.2, -0.15) is 0 Å². The van der Waals surface area contributed by atoms with Gasteiger partial charge >= 0.3 is 0 Å². The van der Waals surface area contributed by atoms with Crippen LogP contribution in [0.1, 0.15) is 41.4 Å². The molecule has 0 atom stereocenters. The van der Waals surface area contributed by atoms with Gasteiger partial charge in [0.05, 0.1) is 11.4 Å². The number of benzene rings is 6. The van der Waals surface area contributed by atoms with E-state index in [4.69, 9.17) is 11.6 Å². The first-order valence-corrected chi connectivity index (χ1v) is 14.3. The van der Waals surface area contributed by atoms with Crippen LogP contribution in [0, 0.1) is 0 Å². The van der Waals surface area contributed by atoms with Gasteiger partial charge in [-0.15, -0.1) is 0 Å². The molecule has 7 aromatic rings. The van der Waals surface area contributed by atoms with Crippen LogP contribution in [-0.4, -0.2) is 28.6 Å². The molecule has 0 saturated heterocycles. The second kappa shape index (κ2) is 8.63. The number of hydrogen-bond donors (Lipinski definition) is 1. The lowest BCUT2D eigenvalue weighted by atomic mass is 9.93. The summed E-state index contributed by atoms with van der Waals surface area (Å²) in [5.74, 6) is -1.66. The molecule has 7 nitrogen and oxygen atoms in total. The first kappa shape index (κ1) is 24.8. The highest BCUT2D eigenvalue weighted by atomic mass is 35.5. The molecule has 6 aromatic carbocycles. The summed E-state index contributed by atoms with van der Waals surface area (Å²) >= 11 is 6.39. The third kappa shape index (κ3) is 3.16. The summed E-state index contributed by atoms with van der Waals surface area (Å²) in [5.41, 5.74) is 4.13. The van der Waals surface area contributed by atoms with Crippen LogP contribution in [0.15, 0.2) is 103 Å². The van der Waals surface area contributed by atoms with Crippen LogP contribution < -0.4 is 9.80 Å². The van der Waals surface area contributed by atoms with Gasteiger partial charge in [0.25, 0.3) is 23.6 Å². The Bertz CT molecular complexity index is 2440. The zero-order valence-electron chi connectivity index (χ0n) is 22.7. The van der Waals surface area contributed by atoms with Crippen LogP contribution in [-0.2, 0) is 0 Å². The summed E-state index contributed by atoms with van der Waals surface area (Å²) in [6.45, 7) is 0. The molecule has 0 bridgehead atoms. The van der Waals surface area contributed by atoms with Gasteiger partial charge in [0.2, 0.25) is 0 Å². The number of hydrogen-bond acceptors (Lipinski definition) is 4. The molecular weight excluding hydrogens is 574 g/mol. The minimum atomic E-state index is -0.437. The van der Waals surface area contributed by atoms with Crippen molar-refractivity contribution < 1.29 is 19.2 Å². The normalized spacial score (nSPS) is 14.6. The number of carbonyl (C=O) groups is 4. The molecule has 9 rings (SSSR count). The SMILES string of the molecule is O=C1c2cccc3cccc(c23)C(=O)N1c1ccc2[nH]c3ccc(N4C(=O)c5cccc6c(Cl)ccc(c56)C4=O)cc3c2c1. The maximum Gasteiger partial charge on any atom is 0.265 e. The van der Waals surface area contributed by atoms with Gasteiger partial charge in [0.1, 0.15) is 0 Å². The molecule has 2 aliphatic heterocycles. The van der Waals surface area contributed by atoms with Crippen molar-refractivity contribution in [2.24, 2.45) is 0 Å². The van der Waals surface area contributed by atoms with E-state index in [1.165, 1.54) is 9.80 Å². The van der Waals surface area contributed by atoms with Crippen molar-refractivity contribution in [3.8, 4) is 0 Å². The Morgan fingerprint density at radius 3 is 1.50 bits per heavy atom. The number of imide groups is 2. The largest absolute Gasteiger partial charge is 0.355 e. The summed E-state index contributed by atoms with van der Waals surface area (Å²) < 4.78 is 0. The van der Waals surface area contributed by atoms with Crippen LogP contribution in [0.4, 0.5) is 11.4 Å². The van der Waals surface area contributed by atoms with Crippen molar-refractivity contribution in [2.45, 2.75) is 0 Å². The van der Waals surface area contributed by atoms with E-state index in [1.54, 1.807) is 66.7 Å². The highest BCUT2D eigenvalue weighted by molar-refractivity contribution is 6.41. The molecule has 8 heteroatoms. The van der Waals surface area contributed by atoms with E-state index in [-0.39, 0.29) is 0 Å². The maximum absolute atomic E-state index is 13.7. The zero-order valence-corrected chi connectivity index (χ0v) is 23.5. The molecule has 3 heterocycles. The van der Waals surface area contributed by atoms with E-state index in [1.807, 2.05) is 36.4 Å². The number of rotatable bonds is 2. The summed E-state index contributed by atoms with van der Waals surface area (Å²) in [7, 11) is 0. The Hall–Kier alpha value is -5.79. The van der Waals surface area contributed by atoms with Gasteiger partial charge in [0.15, 0.2) is 0 Å². The number of halogens is 1. The molecule has 0 fully saturated rings. The smallest absolute Gasteiger partial charge is 0.265 e. The monoisotopic (exact) mass is 591 g/mol. The predicted octanol–water partition coefficient (Wildman–Crippen LogP) is 7.88. The molecular formula is C36H18ClN3O4. The molecule has 208 valence electrons. The van der Waals surface area contributed by atoms with Crippen LogP contribution in [0.3, 0.4) is 0 Å². The Kier molecular flexibility index (Phi) is 4.86. The minimum absolute atomic E-state index is 0.392. The summed E-state index contributed by atoms with van der Waals surface area (Å²) in [5, 5.41) is 4.66. The van der Waals surface area contributed by atoms with Crippen molar-refractivity contribution in [2.75, 3.05) is 9.80 Å². The molecule has 1 N–H and O–H groups in total. The van der Waals surface area contributed by atoms with Crippen molar-refractivity contribution in [1.82, 2.24) is 4.98 Å². The number of aromatic nitrogens is 1. The second-order valence-corrected chi connectivity index (χ2v) is 11.4. The van der Waals surface area contributed by atoms with Crippen molar-refractivity contribution in [1.29, 1.82) is 0 Å². The van der Waals surface area contributed by atoms with Gasteiger partial charge < -0.3 is 4.98 Å². The van der Waals surface area contributed by atoms with Crippen molar-refractivity contribution >= 4 is 90.0 Å².